The molecule has 114 valence electrons. The Morgan fingerprint density at radius 2 is 2.14 bits per heavy atom. The first kappa shape index (κ1) is 14.5. The lowest BCUT2D eigenvalue weighted by Gasteiger charge is -2.33. The Balaban J connectivity index is 1.73. The second-order valence-electron chi connectivity index (χ2n) is 6.28. The minimum absolute atomic E-state index is 0.192. The van der Waals surface area contributed by atoms with Crippen LogP contribution in [0, 0.1) is 5.41 Å². The number of hydrogen-bond acceptors (Lipinski definition) is 3. The summed E-state index contributed by atoms with van der Waals surface area (Å²) in [6, 6.07) is 5.91. The zero-order chi connectivity index (χ0) is 14.9. The van der Waals surface area contributed by atoms with Gasteiger partial charge in [0.2, 0.25) is 0 Å². The van der Waals surface area contributed by atoms with E-state index in [1.165, 1.54) is 5.56 Å². The Hall–Kier alpha value is -1.42. The van der Waals surface area contributed by atoms with Crippen LogP contribution in [0.2, 0.25) is 0 Å². The van der Waals surface area contributed by atoms with Crippen LogP contribution < -0.4 is 4.74 Å². The topological polar surface area (TPSA) is 46.5 Å². The van der Waals surface area contributed by atoms with Gasteiger partial charge in [0.05, 0.1) is 19.4 Å². The molecule has 21 heavy (non-hydrogen) atoms. The first-order valence-corrected chi connectivity index (χ1v) is 7.65. The number of rotatable bonds is 4. The number of Topliss-reactive ketones (excluding diaryl/α,β-unsaturated/α-hetero) is 1. The minimum Gasteiger partial charge on any atom is -0.493 e. The van der Waals surface area contributed by atoms with Crippen molar-refractivity contribution in [3.63, 3.8) is 0 Å². The Kier molecular flexibility index (Phi) is 3.98. The lowest BCUT2D eigenvalue weighted by Crippen LogP contribution is -2.39. The Bertz CT molecular complexity index is 543. The molecule has 1 aromatic carbocycles. The van der Waals surface area contributed by atoms with Crippen molar-refractivity contribution in [1.29, 1.82) is 0 Å². The van der Waals surface area contributed by atoms with Crippen LogP contribution in [-0.2, 0) is 17.6 Å². The largest absolute Gasteiger partial charge is 0.493 e. The van der Waals surface area contributed by atoms with Crippen molar-refractivity contribution in [3.05, 3.63) is 29.3 Å². The molecule has 2 unspecified atom stereocenters. The normalized spacial score (nSPS) is 27.9. The molecule has 4 heteroatoms. The number of hydrogen-bond donors (Lipinski definition) is 1. The van der Waals surface area contributed by atoms with Crippen LogP contribution in [0.25, 0.3) is 0 Å². The number of ketones is 1. The van der Waals surface area contributed by atoms with Crippen molar-refractivity contribution in [3.8, 4) is 5.75 Å². The number of carbonyl (C=O) groups excluding carboxylic acids is 1. The summed E-state index contributed by atoms with van der Waals surface area (Å²) in [4.78, 5) is 12.4. The number of ether oxygens (including phenoxy) is 1. The van der Waals surface area contributed by atoms with Gasteiger partial charge < -0.3 is 9.84 Å². The van der Waals surface area contributed by atoms with Gasteiger partial charge in [0.1, 0.15) is 11.5 Å². The summed E-state index contributed by atoms with van der Waals surface area (Å²) in [5.74, 6) is 0.944. The van der Waals surface area contributed by atoms with Gasteiger partial charge in [-0.1, -0.05) is 6.07 Å². The van der Waals surface area contributed by atoms with Gasteiger partial charge in [-0.15, -0.1) is 0 Å². The highest BCUT2D eigenvalue weighted by atomic mass is 19.1. The van der Waals surface area contributed by atoms with Crippen LogP contribution in [-0.4, -0.2) is 30.3 Å². The van der Waals surface area contributed by atoms with E-state index in [0.29, 0.717) is 19.4 Å². The summed E-state index contributed by atoms with van der Waals surface area (Å²) < 4.78 is 17.6. The molecule has 2 aliphatic carbocycles. The van der Waals surface area contributed by atoms with E-state index in [9.17, 15) is 14.3 Å². The molecule has 1 saturated carbocycles. The van der Waals surface area contributed by atoms with E-state index in [1.807, 2.05) is 18.2 Å². The fraction of sp³-hybridized carbons (Fsp3) is 0.588. The number of aliphatic hydroxyl groups is 1. The Morgan fingerprint density at radius 3 is 2.90 bits per heavy atom. The molecule has 0 amide bonds. The summed E-state index contributed by atoms with van der Waals surface area (Å²) in [6.45, 7) is 0.0103. The third-order valence-corrected chi connectivity index (χ3v) is 4.75. The number of aliphatic hydroxyl groups excluding tert-OH is 1. The fourth-order valence-electron chi connectivity index (χ4n) is 3.55. The van der Waals surface area contributed by atoms with Gasteiger partial charge in [-0.25, -0.2) is 0 Å². The van der Waals surface area contributed by atoms with Crippen molar-refractivity contribution >= 4 is 5.78 Å². The predicted octanol–water partition coefficient (Wildman–Crippen LogP) is 2.62. The summed E-state index contributed by atoms with van der Waals surface area (Å²) in [5, 5.41) is 9.63. The average Bonchev–Trinajstić information content (AvgIpc) is 2.83. The summed E-state index contributed by atoms with van der Waals surface area (Å²) >= 11 is 0. The number of benzene rings is 1. The van der Waals surface area contributed by atoms with Crippen LogP contribution in [0.15, 0.2) is 18.2 Å². The third-order valence-electron chi connectivity index (χ3n) is 4.75. The maximum Gasteiger partial charge on any atom is 0.142 e. The van der Waals surface area contributed by atoms with Gasteiger partial charge in [-0.05, 0) is 48.9 Å². The average molecular weight is 292 g/mol. The second kappa shape index (κ2) is 5.76. The Labute approximate surface area is 124 Å². The third kappa shape index (κ3) is 2.82. The molecular formula is C17H21FO3. The highest BCUT2D eigenvalue weighted by Crippen LogP contribution is 2.45. The van der Waals surface area contributed by atoms with Gasteiger partial charge in [0.15, 0.2) is 0 Å². The standard InChI is InChI=1S/C17H21FO3/c18-6-1-7-21-15-3-2-12-10-17(11-13(12)8-15)5-4-14(19)9-16(17)20/h2-3,8,14,19H,1,4-7,9-11H2. The molecule has 1 spiro atoms. The quantitative estimate of drug-likeness (QED) is 0.868. The first-order chi connectivity index (χ1) is 10.1. The van der Waals surface area contributed by atoms with Crippen LogP contribution in [0.1, 0.15) is 36.8 Å². The second-order valence-corrected chi connectivity index (χ2v) is 6.28. The lowest BCUT2D eigenvalue weighted by molar-refractivity contribution is -0.134. The highest BCUT2D eigenvalue weighted by Gasteiger charge is 2.46. The number of alkyl halides is 1. The van der Waals surface area contributed by atoms with Crippen LogP contribution >= 0.6 is 0 Å². The molecule has 3 rings (SSSR count). The van der Waals surface area contributed by atoms with Crippen molar-refractivity contribution in [2.45, 2.75) is 44.6 Å². The SMILES string of the molecule is O=C1CC(O)CCC12Cc1ccc(OCCCF)cc1C2. The van der Waals surface area contributed by atoms with Crippen molar-refractivity contribution < 1.29 is 19.0 Å². The molecule has 2 atom stereocenters. The van der Waals surface area contributed by atoms with Crippen molar-refractivity contribution in [2.24, 2.45) is 5.41 Å². The van der Waals surface area contributed by atoms with E-state index in [-0.39, 0.29) is 24.3 Å². The van der Waals surface area contributed by atoms with Gasteiger partial charge in [0, 0.05) is 18.3 Å². The van der Waals surface area contributed by atoms with E-state index >= 15 is 0 Å². The van der Waals surface area contributed by atoms with Crippen LogP contribution in [0.5, 0.6) is 5.75 Å². The first-order valence-electron chi connectivity index (χ1n) is 7.65. The van der Waals surface area contributed by atoms with Crippen LogP contribution in [0.3, 0.4) is 0 Å². The molecule has 1 N–H and O–H groups in total. The van der Waals surface area contributed by atoms with Gasteiger partial charge in [-0.3, -0.25) is 9.18 Å². The number of halogens is 1. The monoisotopic (exact) mass is 292 g/mol. The molecule has 0 radical (unpaired) electrons. The molecule has 0 aromatic heterocycles. The minimum atomic E-state index is -0.466. The van der Waals surface area contributed by atoms with E-state index in [0.717, 1.165) is 30.6 Å². The van der Waals surface area contributed by atoms with Crippen molar-refractivity contribution in [1.82, 2.24) is 0 Å². The molecule has 2 aliphatic rings. The smallest absolute Gasteiger partial charge is 0.142 e. The Morgan fingerprint density at radius 1 is 1.33 bits per heavy atom. The van der Waals surface area contributed by atoms with Crippen molar-refractivity contribution in [2.75, 3.05) is 13.3 Å². The molecule has 0 aliphatic heterocycles. The number of fused-ring (bicyclic) bond motifs is 1. The van der Waals surface area contributed by atoms with Gasteiger partial charge in [-0.2, -0.15) is 0 Å². The molecule has 0 bridgehead atoms. The van der Waals surface area contributed by atoms with Gasteiger partial charge >= 0.3 is 0 Å². The predicted molar refractivity (Wildman–Crippen MR) is 77.2 cm³/mol. The van der Waals surface area contributed by atoms with Crippen LogP contribution in [0.4, 0.5) is 4.39 Å². The zero-order valence-corrected chi connectivity index (χ0v) is 12.1. The molecule has 1 aromatic rings. The lowest BCUT2D eigenvalue weighted by atomic mass is 9.70. The summed E-state index contributed by atoms with van der Waals surface area (Å²) in [5.41, 5.74) is 2.06. The van der Waals surface area contributed by atoms with E-state index in [4.69, 9.17) is 4.74 Å². The molecule has 0 saturated heterocycles. The fourth-order valence-corrected chi connectivity index (χ4v) is 3.55. The molecule has 0 heterocycles. The van der Waals surface area contributed by atoms with Gasteiger partial charge in [0.25, 0.3) is 0 Å². The maximum atomic E-state index is 12.4. The van der Waals surface area contributed by atoms with E-state index < -0.39 is 6.10 Å². The molecule has 1 fully saturated rings. The summed E-state index contributed by atoms with van der Waals surface area (Å²) in [6.07, 6.45) is 3.21. The maximum absolute atomic E-state index is 12.4. The summed E-state index contributed by atoms with van der Waals surface area (Å²) in [7, 11) is 0. The highest BCUT2D eigenvalue weighted by molar-refractivity contribution is 5.87. The van der Waals surface area contributed by atoms with E-state index in [2.05, 4.69) is 0 Å². The van der Waals surface area contributed by atoms with E-state index in [1.54, 1.807) is 0 Å². The zero-order valence-electron chi connectivity index (χ0n) is 12.1. The number of carbonyl (C=O) groups is 1. The molecule has 3 nitrogen and oxygen atoms in total. The molecular weight excluding hydrogens is 271 g/mol.